The number of esters is 1. The van der Waals surface area contributed by atoms with Crippen molar-refractivity contribution in [2.45, 2.75) is 18.9 Å². The molecule has 0 saturated carbocycles. The molecule has 2 rings (SSSR count). The highest BCUT2D eigenvalue weighted by Crippen LogP contribution is 2.40. The van der Waals surface area contributed by atoms with Gasteiger partial charge in [-0.3, -0.25) is 19.7 Å². The molecule has 0 N–H and O–H groups in total. The zero-order valence-corrected chi connectivity index (χ0v) is 14.0. The molecule has 0 fully saturated rings. The molecule has 0 aromatic heterocycles. The molecule has 2 aromatic rings. The van der Waals surface area contributed by atoms with E-state index in [0.717, 1.165) is 0 Å². The van der Waals surface area contributed by atoms with Gasteiger partial charge in [0.2, 0.25) is 6.04 Å². The van der Waals surface area contributed by atoms with Crippen LogP contribution in [0.3, 0.4) is 0 Å². The van der Waals surface area contributed by atoms with Crippen LogP contribution in [-0.2, 0) is 14.3 Å². The van der Waals surface area contributed by atoms with Crippen molar-refractivity contribution in [2.24, 2.45) is 5.92 Å². The number of ether oxygens (including phenoxy) is 1. The summed E-state index contributed by atoms with van der Waals surface area (Å²) < 4.78 is 4.76. The SMILES string of the molecule is COC(=O)C(C(C)=O)C(c1ccccc1)C(c1ccccc1)[N+](=O)[O-]. The summed E-state index contributed by atoms with van der Waals surface area (Å²) in [6, 6.07) is 15.7. The number of Topliss-reactive ketones (excluding diaryl/α,β-unsaturated/α-hetero) is 1. The second-order valence-corrected chi connectivity index (χ2v) is 5.69. The highest BCUT2D eigenvalue weighted by Gasteiger charge is 2.45. The van der Waals surface area contributed by atoms with E-state index < -0.39 is 34.6 Å². The predicted molar refractivity (Wildman–Crippen MR) is 91.5 cm³/mol. The first-order valence-corrected chi connectivity index (χ1v) is 7.79. The Hall–Kier alpha value is -3.02. The largest absolute Gasteiger partial charge is 0.468 e. The van der Waals surface area contributed by atoms with Crippen molar-refractivity contribution in [1.29, 1.82) is 0 Å². The minimum atomic E-state index is -1.26. The van der Waals surface area contributed by atoms with Gasteiger partial charge in [-0.15, -0.1) is 0 Å². The van der Waals surface area contributed by atoms with Crippen LogP contribution in [0.5, 0.6) is 0 Å². The number of nitro groups is 1. The third-order valence-corrected chi connectivity index (χ3v) is 4.15. The average Bonchev–Trinajstić information content (AvgIpc) is 2.62. The quantitative estimate of drug-likeness (QED) is 0.334. The summed E-state index contributed by atoms with van der Waals surface area (Å²) in [6.07, 6.45) is 0. The summed E-state index contributed by atoms with van der Waals surface area (Å²) in [5, 5.41) is 11.9. The number of methoxy groups -OCH3 is 1. The van der Waals surface area contributed by atoms with Crippen molar-refractivity contribution in [3.63, 3.8) is 0 Å². The van der Waals surface area contributed by atoms with E-state index in [9.17, 15) is 19.7 Å². The number of nitrogens with zero attached hydrogens (tertiary/aromatic N) is 1. The van der Waals surface area contributed by atoms with Gasteiger partial charge in [0.05, 0.1) is 13.0 Å². The van der Waals surface area contributed by atoms with Crippen molar-refractivity contribution >= 4 is 11.8 Å². The van der Waals surface area contributed by atoms with Gasteiger partial charge >= 0.3 is 5.97 Å². The zero-order chi connectivity index (χ0) is 18.4. The van der Waals surface area contributed by atoms with Gasteiger partial charge in [-0.25, -0.2) is 0 Å². The number of hydrogen-bond donors (Lipinski definition) is 0. The number of benzene rings is 2. The molecule has 0 saturated heterocycles. The Balaban J connectivity index is 2.66. The highest BCUT2D eigenvalue weighted by atomic mass is 16.6. The molecule has 0 aliphatic rings. The van der Waals surface area contributed by atoms with E-state index in [1.807, 2.05) is 0 Å². The van der Waals surface area contributed by atoms with E-state index in [0.29, 0.717) is 11.1 Å². The Morgan fingerprint density at radius 1 is 0.960 bits per heavy atom. The Morgan fingerprint density at radius 2 is 1.44 bits per heavy atom. The molecular weight excluding hydrogens is 322 g/mol. The Bertz CT molecular complexity index is 745. The lowest BCUT2D eigenvalue weighted by Crippen LogP contribution is -2.35. The lowest BCUT2D eigenvalue weighted by atomic mass is 9.76. The van der Waals surface area contributed by atoms with Gasteiger partial charge in [-0.05, 0) is 12.5 Å². The smallest absolute Gasteiger partial charge is 0.317 e. The summed E-state index contributed by atoms with van der Waals surface area (Å²) in [7, 11) is 1.17. The lowest BCUT2D eigenvalue weighted by molar-refractivity contribution is -0.534. The summed E-state index contributed by atoms with van der Waals surface area (Å²) in [5.41, 5.74) is 0.968. The van der Waals surface area contributed by atoms with Gasteiger partial charge < -0.3 is 4.74 Å². The second-order valence-electron chi connectivity index (χ2n) is 5.69. The molecule has 130 valence electrons. The predicted octanol–water partition coefficient (Wildman–Crippen LogP) is 3.17. The van der Waals surface area contributed by atoms with E-state index in [-0.39, 0.29) is 0 Å². The zero-order valence-electron chi connectivity index (χ0n) is 14.0. The average molecular weight is 341 g/mol. The molecule has 0 radical (unpaired) electrons. The molecule has 3 unspecified atom stereocenters. The molecular formula is C19H19NO5. The second kappa shape index (κ2) is 8.19. The molecule has 25 heavy (non-hydrogen) atoms. The number of carbonyl (C=O) groups is 2. The standard InChI is InChI=1S/C19H19NO5/c1-13(21)16(19(22)25-2)17(14-9-5-3-6-10-14)18(20(23)24)15-11-7-4-8-12-15/h3-12,16-18H,1-2H3. The van der Waals surface area contributed by atoms with Gasteiger partial charge in [0, 0.05) is 10.5 Å². The summed E-state index contributed by atoms with van der Waals surface area (Å²) in [5.74, 6) is -3.47. The molecule has 6 heteroatoms. The van der Waals surface area contributed by atoms with Crippen LogP contribution < -0.4 is 0 Å². The van der Waals surface area contributed by atoms with Gasteiger partial charge in [0.25, 0.3) is 0 Å². The van der Waals surface area contributed by atoms with Gasteiger partial charge in [-0.2, -0.15) is 0 Å². The summed E-state index contributed by atoms with van der Waals surface area (Å²) >= 11 is 0. The van der Waals surface area contributed by atoms with Gasteiger partial charge in [0.1, 0.15) is 11.7 Å². The molecule has 0 bridgehead atoms. The fourth-order valence-electron chi connectivity index (χ4n) is 3.04. The van der Waals surface area contributed by atoms with Crippen LogP contribution in [0, 0.1) is 16.0 Å². The minimum Gasteiger partial charge on any atom is -0.468 e. The van der Waals surface area contributed by atoms with E-state index in [4.69, 9.17) is 4.74 Å². The third-order valence-electron chi connectivity index (χ3n) is 4.15. The topological polar surface area (TPSA) is 86.5 Å². The Kier molecular flexibility index (Phi) is 6.00. The van der Waals surface area contributed by atoms with E-state index in [1.54, 1.807) is 60.7 Å². The first kappa shape index (κ1) is 18.3. The molecule has 0 aliphatic heterocycles. The number of ketones is 1. The van der Waals surface area contributed by atoms with Crippen LogP contribution in [0.2, 0.25) is 0 Å². The molecule has 0 aliphatic carbocycles. The molecule has 0 spiro atoms. The molecule has 2 aromatic carbocycles. The molecule has 0 amide bonds. The summed E-state index contributed by atoms with van der Waals surface area (Å²) in [6.45, 7) is 1.25. The highest BCUT2D eigenvalue weighted by molar-refractivity contribution is 5.98. The number of carbonyl (C=O) groups excluding carboxylic acids is 2. The van der Waals surface area contributed by atoms with Crippen molar-refractivity contribution in [3.8, 4) is 0 Å². The van der Waals surface area contributed by atoms with Crippen molar-refractivity contribution < 1.29 is 19.2 Å². The van der Waals surface area contributed by atoms with Crippen LogP contribution >= 0.6 is 0 Å². The normalized spacial score (nSPS) is 14.2. The van der Waals surface area contributed by atoms with Crippen molar-refractivity contribution in [1.82, 2.24) is 0 Å². The van der Waals surface area contributed by atoms with E-state index >= 15 is 0 Å². The van der Waals surface area contributed by atoms with Crippen LogP contribution in [0.4, 0.5) is 0 Å². The maximum absolute atomic E-state index is 12.3. The fourth-order valence-corrected chi connectivity index (χ4v) is 3.04. The Morgan fingerprint density at radius 3 is 1.84 bits per heavy atom. The Labute approximate surface area is 145 Å². The lowest BCUT2D eigenvalue weighted by Gasteiger charge is -2.26. The van der Waals surface area contributed by atoms with Crippen LogP contribution in [0.25, 0.3) is 0 Å². The number of rotatable bonds is 7. The maximum atomic E-state index is 12.3. The first-order valence-electron chi connectivity index (χ1n) is 7.79. The van der Waals surface area contributed by atoms with Gasteiger partial charge in [-0.1, -0.05) is 60.7 Å². The first-order chi connectivity index (χ1) is 12.0. The third kappa shape index (κ3) is 4.09. The van der Waals surface area contributed by atoms with Crippen LogP contribution in [-0.4, -0.2) is 23.8 Å². The van der Waals surface area contributed by atoms with Crippen molar-refractivity contribution in [3.05, 3.63) is 81.9 Å². The molecule has 6 nitrogen and oxygen atoms in total. The molecule has 3 atom stereocenters. The maximum Gasteiger partial charge on any atom is 0.317 e. The van der Waals surface area contributed by atoms with Crippen LogP contribution in [0.1, 0.15) is 30.0 Å². The minimum absolute atomic E-state index is 0.427. The summed E-state index contributed by atoms with van der Waals surface area (Å²) in [4.78, 5) is 35.9. The van der Waals surface area contributed by atoms with Crippen molar-refractivity contribution in [2.75, 3.05) is 7.11 Å². The monoisotopic (exact) mass is 341 g/mol. The van der Waals surface area contributed by atoms with Gasteiger partial charge in [0.15, 0.2) is 0 Å². The molecule has 0 heterocycles. The van der Waals surface area contributed by atoms with Crippen LogP contribution in [0.15, 0.2) is 60.7 Å². The number of hydrogen-bond acceptors (Lipinski definition) is 5. The van der Waals surface area contributed by atoms with E-state index in [2.05, 4.69) is 0 Å². The van der Waals surface area contributed by atoms with E-state index in [1.165, 1.54) is 14.0 Å². The fraction of sp³-hybridized carbons (Fsp3) is 0.263.